The molecule has 174 valence electrons. The molecule has 5 nitrogen and oxygen atoms in total. The molecule has 1 unspecified atom stereocenters. The average molecular weight is 491 g/mol. The number of Topliss-reactive ketones (excluding diaryl/α,β-unsaturated/α-hetero) is 1. The average Bonchev–Trinajstić information content (AvgIpc) is 2.72. The first kappa shape index (κ1) is 24.5. The van der Waals surface area contributed by atoms with Crippen molar-refractivity contribution in [2.45, 2.75) is 25.1 Å². The molecule has 0 aliphatic rings. The normalized spacial score (nSPS) is 12.6. The summed E-state index contributed by atoms with van der Waals surface area (Å²) in [5, 5.41) is 12.8. The molecule has 1 heterocycles. The van der Waals surface area contributed by atoms with Gasteiger partial charge in [0.05, 0.1) is 22.0 Å². The van der Waals surface area contributed by atoms with Crippen LogP contribution in [0.5, 0.6) is 0 Å². The van der Waals surface area contributed by atoms with E-state index in [1.165, 1.54) is 6.07 Å². The molecule has 0 aliphatic heterocycles. The highest BCUT2D eigenvalue weighted by Crippen LogP contribution is 2.26. The predicted molar refractivity (Wildman–Crippen MR) is 106 cm³/mol. The highest BCUT2D eigenvalue weighted by Gasteiger charge is 2.38. The van der Waals surface area contributed by atoms with E-state index in [-0.39, 0.29) is 16.3 Å². The molecular weight excluding hydrogens is 478 g/mol. The molecule has 0 radical (unpaired) electrons. The molecule has 0 saturated heterocycles. The minimum absolute atomic E-state index is 0.0203. The summed E-state index contributed by atoms with van der Waals surface area (Å²) in [4.78, 5) is 25.4. The third-order valence-corrected chi connectivity index (χ3v) is 4.85. The van der Waals surface area contributed by atoms with Crippen LogP contribution >= 0.6 is 11.6 Å². The fourth-order valence-electron chi connectivity index (χ4n) is 2.89. The third-order valence-electron chi connectivity index (χ3n) is 4.54. The standard InChI is InChI=1S/C21H13ClF6N2O3/c22-15-2-1-10(5-16(15)25)17-9-14(18(31)3-4-19(32)21(26,27)28)20(33)30(29-17)13-7-11(23)6-12(24)8-13/h1-2,5-9,19,32H,3-4H2. The number of ketones is 1. The van der Waals surface area contributed by atoms with E-state index in [1.54, 1.807) is 0 Å². The molecule has 0 aliphatic carbocycles. The van der Waals surface area contributed by atoms with E-state index in [4.69, 9.17) is 16.7 Å². The topological polar surface area (TPSA) is 72.2 Å². The van der Waals surface area contributed by atoms with Crippen LogP contribution in [-0.4, -0.2) is 33.0 Å². The Hall–Kier alpha value is -3.18. The van der Waals surface area contributed by atoms with Gasteiger partial charge >= 0.3 is 6.18 Å². The van der Waals surface area contributed by atoms with E-state index in [1.807, 2.05) is 0 Å². The summed E-state index contributed by atoms with van der Waals surface area (Å²) in [5.74, 6) is -4.09. The molecular formula is C21H13ClF6N2O3. The second-order valence-electron chi connectivity index (χ2n) is 6.94. The molecule has 33 heavy (non-hydrogen) atoms. The van der Waals surface area contributed by atoms with Crippen molar-refractivity contribution in [2.75, 3.05) is 0 Å². The Labute approximate surface area is 186 Å². The van der Waals surface area contributed by atoms with Crippen LogP contribution in [0, 0.1) is 17.5 Å². The van der Waals surface area contributed by atoms with E-state index in [0.717, 1.165) is 30.3 Å². The molecule has 3 rings (SSSR count). The minimum atomic E-state index is -4.97. The van der Waals surface area contributed by atoms with Crippen molar-refractivity contribution >= 4 is 17.4 Å². The van der Waals surface area contributed by atoms with E-state index >= 15 is 0 Å². The number of carbonyl (C=O) groups is 1. The molecule has 1 atom stereocenters. The van der Waals surface area contributed by atoms with Crippen molar-refractivity contribution in [1.29, 1.82) is 0 Å². The van der Waals surface area contributed by atoms with Crippen LogP contribution in [-0.2, 0) is 0 Å². The van der Waals surface area contributed by atoms with Crippen molar-refractivity contribution in [3.05, 3.63) is 80.9 Å². The second kappa shape index (κ2) is 9.36. The molecule has 0 spiro atoms. The summed E-state index contributed by atoms with van der Waals surface area (Å²) in [6.45, 7) is 0. The van der Waals surface area contributed by atoms with Gasteiger partial charge in [-0.3, -0.25) is 9.59 Å². The van der Waals surface area contributed by atoms with Crippen LogP contribution in [0.2, 0.25) is 5.02 Å². The van der Waals surface area contributed by atoms with Crippen molar-refractivity contribution in [1.82, 2.24) is 9.78 Å². The van der Waals surface area contributed by atoms with E-state index in [0.29, 0.717) is 10.7 Å². The lowest BCUT2D eigenvalue weighted by molar-refractivity contribution is -0.204. The maximum atomic E-state index is 13.9. The summed E-state index contributed by atoms with van der Waals surface area (Å²) < 4.78 is 79.4. The number of alkyl halides is 3. The number of aliphatic hydroxyl groups excluding tert-OH is 1. The van der Waals surface area contributed by atoms with Crippen molar-refractivity contribution in [3.8, 4) is 16.9 Å². The predicted octanol–water partition coefficient (Wildman–Crippen LogP) is 4.86. The van der Waals surface area contributed by atoms with E-state index < -0.39 is 65.2 Å². The smallest absolute Gasteiger partial charge is 0.384 e. The molecule has 1 N–H and O–H groups in total. The van der Waals surface area contributed by atoms with Crippen molar-refractivity contribution in [3.63, 3.8) is 0 Å². The van der Waals surface area contributed by atoms with Crippen molar-refractivity contribution in [2.24, 2.45) is 0 Å². The maximum absolute atomic E-state index is 13.9. The molecule has 0 amide bonds. The van der Waals surface area contributed by atoms with Crippen LogP contribution in [0.1, 0.15) is 23.2 Å². The van der Waals surface area contributed by atoms with E-state index in [2.05, 4.69) is 5.10 Å². The Morgan fingerprint density at radius 1 is 1.06 bits per heavy atom. The number of hydrogen-bond donors (Lipinski definition) is 1. The van der Waals surface area contributed by atoms with Crippen molar-refractivity contribution < 1.29 is 36.2 Å². The zero-order chi connectivity index (χ0) is 24.5. The molecule has 0 bridgehead atoms. The highest BCUT2D eigenvalue weighted by atomic mass is 35.5. The van der Waals surface area contributed by atoms with Gasteiger partial charge in [-0.15, -0.1) is 0 Å². The summed E-state index contributed by atoms with van der Waals surface area (Å²) in [6, 6.07) is 6.30. The number of benzene rings is 2. The lowest BCUT2D eigenvalue weighted by Crippen LogP contribution is -2.31. The van der Waals surface area contributed by atoms with Gasteiger partial charge in [-0.25, -0.2) is 13.2 Å². The van der Waals surface area contributed by atoms with Gasteiger partial charge in [0, 0.05) is 18.1 Å². The van der Waals surface area contributed by atoms with Gasteiger partial charge in [0.15, 0.2) is 5.78 Å². The Morgan fingerprint density at radius 3 is 2.27 bits per heavy atom. The maximum Gasteiger partial charge on any atom is 0.414 e. The van der Waals surface area contributed by atoms with Gasteiger partial charge in [-0.1, -0.05) is 17.7 Å². The Kier molecular flexibility index (Phi) is 6.94. The number of aromatic nitrogens is 2. The van der Waals surface area contributed by atoms with Crippen LogP contribution in [0.3, 0.4) is 0 Å². The largest absolute Gasteiger partial charge is 0.414 e. The minimum Gasteiger partial charge on any atom is -0.384 e. The zero-order valence-corrected chi connectivity index (χ0v) is 17.1. The first-order valence-corrected chi connectivity index (χ1v) is 9.59. The SMILES string of the molecule is O=C(CCC(O)C(F)(F)F)c1cc(-c2ccc(Cl)c(F)c2)nn(-c2cc(F)cc(F)c2)c1=O. The van der Waals surface area contributed by atoms with Gasteiger partial charge in [0.25, 0.3) is 5.56 Å². The molecule has 3 aromatic rings. The molecule has 12 heteroatoms. The molecule has 0 saturated carbocycles. The van der Waals surface area contributed by atoms with Gasteiger partial charge < -0.3 is 5.11 Å². The van der Waals surface area contributed by atoms with Gasteiger partial charge in [0.2, 0.25) is 0 Å². The number of carbonyl (C=O) groups excluding carboxylic acids is 1. The third kappa shape index (κ3) is 5.60. The fourth-order valence-corrected chi connectivity index (χ4v) is 3.01. The number of aliphatic hydroxyl groups is 1. The van der Waals surface area contributed by atoms with Crippen LogP contribution in [0.25, 0.3) is 16.9 Å². The summed E-state index contributed by atoms with van der Waals surface area (Å²) in [5.41, 5.74) is -2.45. The summed E-state index contributed by atoms with van der Waals surface area (Å²) in [7, 11) is 0. The number of nitrogens with zero attached hydrogens (tertiary/aromatic N) is 2. The summed E-state index contributed by atoms with van der Waals surface area (Å²) in [6.07, 6.45) is -9.66. The van der Waals surface area contributed by atoms with E-state index in [9.17, 15) is 35.9 Å². The quantitative estimate of drug-likeness (QED) is 0.396. The summed E-state index contributed by atoms with van der Waals surface area (Å²) >= 11 is 5.64. The zero-order valence-electron chi connectivity index (χ0n) is 16.3. The Morgan fingerprint density at radius 2 is 1.70 bits per heavy atom. The second-order valence-corrected chi connectivity index (χ2v) is 7.34. The van der Waals surface area contributed by atoms with Crippen LogP contribution < -0.4 is 5.56 Å². The molecule has 0 fully saturated rings. The van der Waals surface area contributed by atoms with Gasteiger partial charge in [0.1, 0.15) is 23.6 Å². The lowest BCUT2D eigenvalue weighted by atomic mass is 10.0. The highest BCUT2D eigenvalue weighted by molar-refractivity contribution is 6.30. The van der Waals surface area contributed by atoms with Gasteiger partial charge in [-0.05, 0) is 36.8 Å². The fraction of sp³-hybridized carbons (Fsp3) is 0.190. The van der Waals surface area contributed by atoms with Crippen LogP contribution in [0.15, 0.2) is 47.3 Å². The first-order chi connectivity index (χ1) is 15.4. The molecule has 2 aromatic carbocycles. The number of hydrogen-bond acceptors (Lipinski definition) is 4. The monoisotopic (exact) mass is 490 g/mol. The number of rotatable bonds is 6. The molecule has 1 aromatic heterocycles. The Bertz CT molecular complexity index is 1260. The lowest BCUT2D eigenvalue weighted by Gasteiger charge is -2.14. The first-order valence-electron chi connectivity index (χ1n) is 9.21. The Balaban J connectivity index is 2.14. The van der Waals surface area contributed by atoms with Gasteiger partial charge in [-0.2, -0.15) is 23.0 Å². The van der Waals surface area contributed by atoms with Crippen LogP contribution in [0.4, 0.5) is 26.3 Å². The number of halogens is 7.